The molecule has 0 heterocycles. The lowest BCUT2D eigenvalue weighted by Crippen LogP contribution is -2.52. The van der Waals surface area contributed by atoms with E-state index in [1.807, 2.05) is 0 Å². The summed E-state index contributed by atoms with van der Waals surface area (Å²) in [6, 6.07) is 2.89. The first-order valence-corrected chi connectivity index (χ1v) is 6.10. The minimum absolute atomic E-state index is 0.198. The van der Waals surface area contributed by atoms with Crippen LogP contribution in [0.25, 0.3) is 0 Å². The first-order chi connectivity index (χ1) is 8.96. The standard InChI is InChI=1S/C13H16F2N2O2/c1-13(7-18,8-5-6-8)17-12(19)16-10-4-2-3-9(14)11(10)15/h2-4,8,18H,5-7H2,1H3,(H2,16,17,19). The van der Waals surface area contributed by atoms with Crippen molar-refractivity contribution in [1.82, 2.24) is 5.32 Å². The summed E-state index contributed by atoms with van der Waals surface area (Å²) in [6.07, 6.45) is 1.87. The topological polar surface area (TPSA) is 61.4 Å². The van der Waals surface area contributed by atoms with Crippen LogP contribution in [-0.2, 0) is 0 Å². The number of aliphatic hydroxyl groups excluding tert-OH is 1. The zero-order valence-electron chi connectivity index (χ0n) is 10.5. The van der Waals surface area contributed by atoms with Gasteiger partial charge in [-0.3, -0.25) is 0 Å². The van der Waals surface area contributed by atoms with Gasteiger partial charge in [-0.05, 0) is 37.8 Å². The van der Waals surface area contributed by atoms with Crippen molar-refractivity contribution in [2.45, 2.75) is 25.3 Å². The van der Waals surface area contributed by atoms with Crippen LogP contribution in [0.1, 0.15) is 19.8 Å². The molecule has 2 amide bonds. The van der Waals surface area contributed by atoms with Gasteiger partial charge >= 0.3 is 6.03 Å². The van der Waals surface area contributed by atoms with Crippen molar-refractivity contribution < 1.29 is 18.7 Å². The van der Waals surface area contributed by atoms with Gasteiger partial charge < -0.3 is 15.7 Å². The molecule has 0 aromatic heterocycles. The Kier molecular flexibility index (Phi) is 3.71. The summed E-state index contributed by atoms with van der Waals surface area (Å²) in [7, 11) is 0. The van der Waals surface area contributed by atoms with Crippen LogP contribution < -0.4 is 10.6 Å². The molecule has 4 nitrogen and oxygen atoms in total. The number of nitrogens with one attached hydrogen (secondary N) is 2. The van der Waals surface area contributed by atoms with Gasteiger partial charge in [0, 0.05) is 0 Å². The van der Waals surface area contributed by atoms with Crippen LogP contribution in [-0.4, -0.2) is 23.3 Å². The van der Waals surface area contributed by atoms with Crippen molar-refractivity contribution >= 4 is 11.7 Å². The molecule has 2 rings (SSSR count). The summed E-state index contributed by atoms with van der Waals surface area (Å²) in [5, 5.41) is 14.2. The Labute approximate surface area is 109 Å². The molecule has 1 fully saturated rings. The van der Waals surface area contributed by atoms with Gasteiger partial charge in [-0.25, -0.2) is 13.6 Å². The van der Waals surface area contributed by atoms with Gasteiger partial charge in [0.2, 0.25) is 0 Å². The highest BCUT2D eigenvalue weighted by atomic mass is 19.2. The fourth-order valence-electron chi connectivity index (χ4n) is 2.00. The molecule has 1 aliphatic carbocycles. The minimum Gasteiger partial charge on any atom is -0.394 e. The molecule has 104 valence electrons. The zero-order valence-corrected chi connectivity index (χ0v) is 10.5. The Morgan fingerprint density at radius 1 is 1.47 bits per heavy atom. The smallest absolute Gasteiger partial charge is 0.319 e. The summed E-state index contributed by atoms with van der Waals surface area (Å²) in [4.78, 5) is 11.8. The third-order valence-electron chi connectivity index (χ3n) is 3.41. The van der Waals surface area contributed by atoms with E-state index in [1.165, 1.54) is 12.1 Å². The molecule has 0 bridgehead atoms. The molecule has 6 heteroatoms. The number of anilines is 1. The van der Waals surface area contributed by atoms with Crippen LogP contribution >= 0.6 is 0 Å². The highest BCUT2D eigenvalue weighted by Gasteiger charge is 2.42. The molecular weight excluding hydrogens is 254 g/mol. The number of aliphatic hydroxyl groups is 1. The van der Waals surface area contributed by atoms with Crippen molar-refractivity contribution in [2.75, 3.05) is 11.9 Å². The average Bonchev–Trinajstić information content (AvgIpc) is 3.19. The molecule has 1 aromatic rings. The van der Waals surface area contributed by atoms with Crippen LogP contribution in [0.4, 0.5) is 19.3 Å². The van der Waals surface area contributed by atoms with Crippen LogP contribution in [0.2, 0.25) is 0 Å². The molecule has 1 aliphatic rings. The van der Waals surface area contributed by atoms with E-state index in [9.17, 15) is 18.7 Å². The number of benzene rings is 1. The monoisotopic (exact) mass is 270 g/mol. The van der Waals surface area contributed by atoms with Gasteiger partial charge in [-0.15, -0.1) is 0 Å². The number of rotatable bonds is 4. The van der Waals surface area contributed by atoms with Gasteiger partial charge in [-0.2, -0.15) is 0 Å². The molecule has 0 saturated heterocycles. The predicted octanol–water partition coefficient (Wildman–Crippen LogP) is 2.25. The number of hydrogen-bond acceptors (Lipinski definition) is 2. The SMILES string of the molecule is CC(CO)(NC(=O)Nc1cccc(F)c1F)C1CC1. The Balaban J connectivity index is 2.03. The molecule has 1 aromatic carbocycles. The second kappa shape index (κ2) is 5.13. The van der Waals surface area contributed by atoms with Crippen LogP contribution in [0.15, 0.2) is 18.2 Å². The van der Waals surface area contributed by atoms with E-state index in [4.69, 9.17) is 0 Å². The molecule has 1 atom stereocenters. The second-order valence-corrected chi connectivity index (χ2v) is 5.03. The lowest BCUT2D eigenvalue weighted by atomic mass is 9.97. The molecule has 0 spiro atoms. The highest BCUT2D eigenvalue weighted by molar-refractivity contribution is 5.89. The van der Waals surface area contributed by atoms with Crippen molar-refractivity contribution in [1.29, 1.82) is 0 Å². The zero-order chi connectivity index (χ0) is 14.0. The summed E-state index contributed by atoms with van der Waals surface area (Å²) in [5.74, 6) is -1.90. The number of amides is 2. The fraction of sp³-hybridized carbons (Fsp3) is 0.462. The summed E-state index contributed by atoms with van der Waals surface area (Å²) >= 11 is 0. The third kappa shape index (κ3) is 3.01. The van der Waals surface area contributed by atoms with Gasteiger partial charge in [0.25, 0.3) is 0 Å². The number of hydrogen-bond donors (Lipinski definition) is 3. The van der Waals surface area contributed by atoms with E-state index in [-0.39, 0.29) is 18.2 Å². The quantitative estimate of drug-likeness (QED) is 0.785. The maximum absolute atomic E-state index is 13.4. The third-order valence-corrected chi connectivity index (χ3v) is 3.41. The van der Waals surface area contributed by atoms with E-state index in [2.05, 4.69) is 10.6 Å². The Morgan fingerprint density at radius 2 is 2.16 bits per heavy atom. The van der Waals surface area contributed by atoms with Crippen molar-refractivity contribution in [3.05, 3.63) is 29.8 Å². The van der Waals surface area contributed by atoms with Crippen LogP contribution in [0.5, 0.6) is 0 Å². The van der Waals surface area contributed by atoms with Crippen LogP contribution in [0, 0.1) is 17.6 Å². The molecule has 3 N–H and O–H groups in total. The maximum Gasteiger partial charge on any atom is 0.319 e. The first-order valence-electron chi connectivity index (χ1n) is 6.10. The van der Waals surface area contributed by atoms with Gasteiger partial charge in [0.15, 0.2) is 11.6 Å². The number of carbonyl (C=O) groups excluding carboxylic acids is 1. The maximum atomic E-state index is 13.4. The van der Waals surface area contributed by atoms with Crippen LogP contribution in [0.3, 0.4) is 0 Å². The molecule has 0 aliphatic heterocycles. The second-order valence-electron chi connectivity index (χ2n) is 5.03. The Bertz CT molecular complexity index is 492. The van der Waals surface area contributed by atoms with E-state index in [0.717, 1.165) is 18.9 Å². The molecule has 19 heavy (non-hydrogen) atoms. The number of carbonyl (C=O) groups is 1. The van der Waals surface area contributed by atoms with Gasteiger partial charge in [0.1, 0.15) is 0 Å². The Hall–Kier alpha value is -1.69. The van der Waals surface area contributed by atoms with Crippen molar-refractivity contribution in [3.63, 3.8) is 0 Å². The molecular formula is C13H16F2N2O2. The van der Waals surface area contributed by atoms with Crippen molar-refractivity contribution in [2.24, 2.45) is 5.92 Å². The van der Waals surface area contributed by atoms with E-state index in [1.54, 1.807) is 6.92 Å². The Morgan fingerprint density at radius 3 is 2.74 bits per heavy atom. The van der Waals surface area contributed by atoms with E-state index in [0.29, 0.717) is 0 Å². The largest absolute Gasteiger partial charge is 0.394 e. The average molecular weight is 270 g/mol. The highest BCUT2D eigenvalue weighted by Crippen LogP contribution is 2.39. The normalized spacial score (nSPS) is 17.7. The number of halogens is 2. The summed E-state index contributed by atoms with van der Waals surface area (Å²) < 4.78 is 26.4. The first kappa shape index (κ1) is 13.7. The molecule has 1 saturated carbocycles. The summed E-state index contributed by atoms with van der Waals surface area (Å²) in [6.45, 7) is 1.53. The lowest BCUT2D eigenvalue weighted by Gasteiger charge is -2.28. The van der Waals surface area contributed by atoms with Gasteiger partial charge in [-0.1, -0.05) is 6.07 Å². The number of urea groups is 1. The summed E-state index contributed by atoms with van der Waals surface area (Å²) in [5.41, 5.74) is -0.956. The van der Waals surface area contributed by atoms with Gasteiger partial charge in [0.05, 0.1) is 17.8 Å². The molecule has 1 unspecified atom stereocenters. The molecule has 0 radical (unpaired) electrons. The minimum atomic E-state index is -1.10. The lowest BCUT2D eigenvalue weighted by molar-refractivity contribution is 0.159. The van der Waals surface area contributed by atoms with E-state index >= 15 is 0 Å². The predicted molar refractivity (Wildman–Crippen MR) is 66.7 cm³/mol. The van der Waals surface area contributed by atoms with E-state index < -0.39 is 23.2 Å². The fourth-order valence-corrected chi connectivity index (χ4v) is 2.00. The van der Waals surface area contributed by atoms with Crippen molar-refractivity contribution in [3.8, 4) is 0 Å².